The Morgan fingerprint density at radius 1 is 1.22 bits per heavy atom. The third-order valence-electron chi connectivity index (χ3n) is 4.31. The lowest BCUT2D eigenvalue weighted by Gasteiger charge is -2.26. The van der Waals surface area contributed by atoms with Crippen LogP contribution >= 0.6 is 0 Å². The number of amides is 1. The van der Waals surface area contributed by atoms with Gasteiger partial charge in [0.15, 0.2) is 11.5 Å². The second kappa shape index (κ2) is 6.99. The molecule has 0 fully saturated rings. The molecule has 4 heteroatoms. The lowest BCUT2D eigenvalue weighted by atomic mass is 9.93. The van der Waals surface area contributed by atoms with Gasteiger partial charge in [-0.1, -0.05) is 52.0 Å². The van der Waals surface area contributed by atoms with Crippen molar-refractivity contribution in [2.24, 2.45) is 0 Å². The van der Waals surface area contributed by atoms with Crippen LogP contribution in [0.25, 0.3) is 0 Å². The molecule has 23 heavy (non-hydrogen) atoms. The molecule has 1 heterocycles. The maximum atomic E-state index is 12.4. The summed E-state index contributed by atoms with van der Waals surface area (Å²) in [5.41, 5.74) is 2.32. The topological polar surface area (TPSA) is 57.6 Å². The van der Waals surface area contributed by atoms with E-state index in [2.05, 4.69) is 13.8 Å². The molecule has 0 radical (unpaired) electrons. The van der Waals surface area contributed by atoms with Crippen LogP contribution in [0.3, 0.4) is 0 Å². The van der Waals surface area contributed by atoms with E-state index in [0.717, 1.165) is 12.0 Å². The fraction of sp³-hybridized carbons (Fsp3) is 0.474. The Balaban J connectivity index is 2.48. The first-order valence-corrected chi connectivity index (χ1v) is 8.29. The number of aliphatic hydroxyl groups is 1. The van der Waals surface area contributed by atoms with E-state index in [1.807, 2.05) is 31.2 Å². The monoisotopic (exact) mass is 315 g/mol. The summed E-state index contributed by atoms with van der Waals surface area (Å²) in [7, 11) is 0. The first-order chi connectivity index (χ1) is 10.9. The quantitative estimate of drug-likeness (QED) is 0.866. The molecule has 0 aromatic heterocycles. The molecule has 1 N–H and O–H groups in total. The third kappa shape index (κ3) is 3.16. The number of rotatable bonds is 6. The predicted molar refractivity (Wildman–Crippen MR) is 90.2 cm³/mol. The highest BCUT2D eigenvalue weighted by Gasteiger charge is 2.42. The van der Waals surface area contributed by atoms with E-state index in [-0.39, 0.29) is 23.5 Å². The molecule has 2 rings (SSSR count). The molecule has 1 aromatic carbocycles. The SMILES string of the molecule is CCCN1C(=O)C(O)=C(C(=O)CC)C1c1ccc(C(C)C)cc1. The molecule has 4 nitrogen and oxygen atoms in total. The highest BCUT2D eigenvalue weighted by molar-refractivity contribution is 6.08. The summed E-state index contributed by atoms with van der Waals surface area (Å²) in [4.78, 5) is 26.2. The van der Waals surface area contributed by atoms with Crippen LogP contribution in [0, 0.1) is 0 Å². The van der Waals surface area contributed by atoms with Gasteiger partial charge < -0.3 is 10.0 Å². The summed E-state index contributed by atoms with van der Waals surface area (Å²) < 4.78 is 0. The minimum atomic E-state index is -0.476. The molecule has 0 spiro atoms. The van der Waals surface area contributed by atoms with Crippen LogP contribution in [0.4, 0.5) is 0 Å². The Bertz CT molecular complexity index is 629. The molecule has 1 atom stereocenters. The van der Waals surface area contributed by atoms with Gasteiger partial charge in [0.2, 0.25) is 0 Å². The predicted octanol–water partition coefficient (Wildman–Crippen LogP) is 3.89. The van der Waals surface area contributed by atoms with Crippen molar-refractivity contribution < 1.29 is 14.7 Å². The summed E-state index contributed by atoms with van der Waals surface area (Å²) in [5, 5.41) is 10.2. The maximum Gasteiger partial charge on any atom is 0.290 e. The maximum absolute atomic E-state index is 12.4. The molecule has 1 aliphatic heterocycles. The molecule has 1 aliphatic rings. The molecular weight excluding hydrogens is 290 g/mol. The number of carbonyl (C=O) groups is 2. The standard InChI is InChI=1S/C19H25NO3/c1-5-11-20-17(14-9-7-13(8-10-14)12(3)4)16(15(21)6-2)18(22)19(20)23/h7-10,12,17,22H,5-6,11H2,1-4H3. The van der Waals surface area contributed by atoms with Gasteiger partial charge in [0.1, 0.15) is 0 Å². The van der Waals surface area contributed by atoms with Crippen LogP contribution in [0.2, 0.25) is 0 Å². The molecule has 0 saturated heterocycles. The van der Waals surface area contributed by atoms with Crippen LogP contribution in [0.1, 0.15) is 63.6 Å². The van der Waals surface area contributed by atoms with Crippen molar-refractivity contribution in [1.29, 1.82) is 0 Å². The zero-order valence-corrected chi connectivity index (χ0v) is 14.3. The smallest absolute Gasteiger partial charge is 0.290 e. The zero-order valence-electron chi connectivity index (χ0n) is 14.3. The highest BCUT2D eigenvalue weighted by Crippen LogP contribution is 2.38. The van der Waals surface area contributed by atoms with Gasteiger partial charge in [-0.3, -0.25) is 9.59 Å². The Kier molecular flexibility index (Phi) is 5.24. The number of ketones is 1. The molecule has 0 bridgehead atoms. The lowest BCUT2D eigenvalue weighted by molar-refractivity contribution is -0.129. The van der Waals surface area contributed by atoms with Gasteiger partial charge >= 0.3 is 0 Å². The first-order valence-electron chi connectivity index (χ1n) is 8.29. The van der Waals surface area contributed by atoms with Crippen molar-refractivity contribution in [2.45, 2.75) is 52.5 Å². The van der Waals surface area contributed by atoms with Crippen molar-refractivity contribution in [3.05, 3.63) is 46.7 Å². The van der Waals surface area contributed by atoms with E-state index in [1.54, 1.807) is 11.8 Å². The van der Waals surface area contributed by atoms with Crippen molar-refractivity contribution in [3.63, 3.8) is 0 Å². The van der Waals surface area contributed by atoms with E-state index < -0.39 is 11.9 Å². The molecule has 1 aromatic rings. The minimum absolute atomic E-state index is 0.174. The summed E-state index contributed by atoms with van der Waals surface area (Å²) in [6.45, 7) is 8.47. The average molecular weight is 315 g/mol. The molecule has 124 valence electrons. The number of Topliss-reactive ketones (excluding diaryl/α,β-unsaturated/α-hetero) is 1. The second-order valence-electron chi connectivity index (χ2n) is 6.26. The van der Waals surface area contributed by atoms with Gasteiger partial charge in [0, 0.05) is 13.0 Å². The van der Waals surface area contributed by atoms with Gasteiger partial charge in [-0.05, 0) is 23.5 Å². The number of hydrogen-bond acceptors (Lipinski definition) is 3. The Hall–Kier alpha value is -2.10. The summed E-state index contributed by atoms with van der Waals surface area (Å²) in [5.74, 6) is -0.584. The van der Waals surface area contributed by atoms with Gasteiger partial charge in [-0.15, -0.1) is 0 Å². The van der Waals surface area contributed by atoms with E-state index in [4.69, 9.17) is 0 Å². The van der Waals surface area contributed by atoms with Crippen molar-refractivity contribution in [2.75, 3.05) is 6.54 Å². The fourth-order valence-electron chi connectivity index (χ4n) is 3.01. The molecular formula is C19H25NO3. The van der Waals surface area contributed by atoms with Crippen LogP contribution in [0.5, 0.6) is 0 Å². The van der Waals surface area contributed by atoms with E-state index in [0.29, 0.717) is 12.5 Å². The first kappa shape index (κ1) is 17.3. The summed E-state index contributed by atoms with van der Waals surface area (Å²) in [6, 6.07) is 7.49. The minimum Gasteiger partial charge on any atom is -0.503 e. The van der Waals surface area contributed by atoms with Gasteiger partial charge in [0.05, 0.1) is 11.6 Å². The Labute approximate surface area is 137 Å². The van der Waals surface area contributed by atoms with E-state index in [1.165, 1.54) is 5.56 Å². The largest absolute Gasteiger partial charge is 0.503 e. The van der Waals surface area contributed by atoms with Crippen molar-refractivity contribution >= 4 is 11.7 Å². The lowest BCUT2D eigenvalue weighted by Crippen LogP contribution is -2.31. The summed E-state index contributed by atoms with van der Waals surface area (Å²) >= 11 is 0. The molecule has 0 aliphatic carbocycles. The van der Waals surface area contributed by atoms with Gasteiger partial charge in [-0.25, -0.2) is 0 Å². The third-order valence-corrected chi connectivity index (χ3v) is 4.31. The van der Waals surface area contributed by atoms with Crippen molar-refractivity contribution in [3.8, 4) is 0 Å². The van der Waals surface area contributed by atoms with Crippen LogP contribution in [-0.4, -0.2) is 28.2 Å². The molecule has 1 unspecified atom stereocenters. The van der Waals surface area contributed by atoms with Crippen molar-refractivity contribution in [1.82, 2.24) is 4.90 Å². The number of aliphatic hydroxyl groups excluding tert-OH is 1. The average Bonchev–Trinajstić information content (AvgIpc) is 2.79. The Morgan fingerprint density at radius 2 is 1.83 bits per heavy atom. The highest BCUT2D eigenvalue weighted by atomic mass is 16.3. The van der Waals surface area contributed by atoms with E-state index >= 15 is 0 Å². The van der Waals surface area contributed by atoms with Gasteiger partial charge in [0.25, 0.3) is 5.91 Å². The number of benzene rings is 1. The van der Waals surface area contributed by atoms with Crippen LogP contribution in [0.15, 0.2) is 35.6 Å². The zero-order chi connectivity index (χ0) is 17.1. The van der Waals surface area contributed by atoms with Crippen LogP contribution in [-0.2, 0) is 9.59 Å². The van der Waals surface area contributed by atoms with Gasteiger partial charge in [-0.2, -0.15) is 0 Å². The molecule has 1 amide bonds. The number of nitrogens with zero attached hydrogens (tertiary/aromatic N) is 1. The molecule has 0 saturated carbocycles. The second-order valence-corrected chi connectivity index (χ2v) is 6.26. The number of hydrogen-bond donors (Lipinski definition) is 1. The Morgan fingerprint density at radius 3 is 2.30 bits per heavy atom. The summed E-state index contributed by atoms with van der Waals surface area (Å²) in [6.07, 6.45) is 1.04. The normalized spacial score (nSPS) is 18.2. The number of carbonyl (C=O) groups excluding carboxylic acids is 2. The fourth-order valence-corrected chi connectivity index (χ4v) is 3.01. The van der Waals surface area contributed by atoms with Crippen LogP contribution < -0.4 is 0 Å². The van der Waals surface area contributed by atoms with E-state index in [9.17, 15) is 14.7 Å².